The molecule has 5 nitrogen and oxygen atoms in total. The van der Waals surface area contributed by atoms with Crippen LogP contribution in [0.5, 0.6) is 0 Å². The number of unbranched alkanes of at least 4 members (excludes halogenated alkanes) is 1. The van der Waals surface area contributed by atoms with E-state index >= 15 is 0 Å². The summed E-state index contributed by atoms with van der Waals surface area (Å²) in [7, 11) is 0. The third-order valence-corrected chi connectivity index (χ3v) is 3.89. The standard InChI is InChI=1S/C16H21BrN2O.C2HF3O2/c17-16-9-8-15(20-16)13-19(11-5-4-10-18)12-14-6-2-1-3-7-14;3-2(4,5)1(6)7/h1-3,6-9H,4-5,10-13,18H2;(H,6,7). The van der Waals surface area contributed by atoms with Crippen molar-refractivity contribution in [2.45, 2.75) is 32.1 Å². The van der Waals surface area contributed by atoms with Crippen LogP contribution in [-0.4, -0.2) is 30.1 Å². The lowest BCUT2D eigenvalue weighted by Gasteiger charge is -2.21. The summed E-state index contributed by atoms with van der Waals surface area (Å²) >= 11 is 3.36. The lowest BCUT2D eigenvalue weighted by atomic mass is 10.2. The van der Waals surface area contributed by atoms with E-state index in [1.807, 2.05) is 12.1 Å². The van der Waals surface area contributed by atoms with E-state index in [1.165, 1.54) is 18.4 Å². The SMILES string of the molecule is O=C([O-])C(F)(F)F.[NH3+]CCCCN(Cc1ccccc1)Cc1ccc(Br)o1. The van der Waals surface area contributed by atoms with Crippen molar-refractivity contribution in [1.29, 1.82) is 0 Å². The number of carbonyl (C=O) groups excluding carboxylic acids is 1. The van der Waals surface area contributed by atoms with Gasteiger partial charge in [-0.25, -0.2) is 0 Å². The number of nitrogens with zero attached hydrogens (tertiary/aromatic N) is 1. The maximum Gasteiger partial charge on any atom is 0.430 e. The van der Waals surface area contributed by atoms with Crippen molar-refractivity contribution in [2.24, 2.45) is 0 Å². The summed E-state index contributed by atoms with van der Waals surface area (Å²) in [5.41, 5.74) is 5.25. The number of hydrogen-bond donors (Lipinski definition) is 1. The van der Waals surface area contributed by atoms with Gasteiger partial charge in [-0.15, -0.1) is 0 Å². The molecule has 9 heteroatoms. The number of furan rings is 1. The van der Waals surface area contributed by atoms with Gasteiger partial charge in [-0.1, -0.05) is 30.3 Å². The molecule has 0 aliphatic rings. The summed E-state index contributed by atoms with van der Waals surface area (Å²) in [6.07, 6.45) is -2.84. The van der Waals surface area contributed by atoms with E-state index in [0.29, 0.717) is 0 Å². The van der Waals surface area contributed by atoms with Gasteiger partial charge in [0.1, 0.15) is 11.7 Å². The van der Waals surface area contributed by atoms with Crippen LogP contribution >= 0.6 is 15.9 Å². The van der Waals surface area contributed by atoms with Gasteiger partial charge in [-0.3, -0.25) is 4.90 Å². The van der Waals surface area contributed by atoms with E-state index in [0.717, 1.165) is 36.6 Å². The van der Waals surface area contributed by atoms with Crippen molar-refractivity contribution in [3.05, 3.63) is 58.5 Å². The molecular weight excluding hydrogens is 429 g/mol. The summed E-state index contributed by atoms with van der Waals surface area (Å²) in [6, 6.07) is 14.6. The molecule has 1 aromatic heterocycles. The van der Waals surface area contributed by atoms with Gasteiger partial charge in [0.25, 0.3) is 0 Å². The topological polar surface area (TPSA) is 84.1 Å². The van der Waals surface area contributed by atoms with Crippen LogP contribution in [0.1, 0.15) is 24.2 Å². The van der Waals surface area contributed by atoms with Gasteiger partial charge < -0.3 is 20.1 Å². The predicted octanol–water partition coefficient (Wildman–Crippen LogP) is 2.37. The van der Waals surface area contributed by atoms with E-state index in [4.69, 9.17) is 14.3 Å². The molecule has 0 amide bonds. The third kappa shape index (κ3) is 10.2. The van der Waals surface area contributed by atoms with Crippen molar-refractivity contribution in [1.82, 2.24) is 4.90 Å². The molecule has 0 saturated carbocycles. The minimum atomic E-state index is -5.19. The zero-order valence-corrected chi connectivity index (χ0v) is 16.3. The first-order valence-corrected chi connectivity index (χ1v) is 9.09. The van der Waals surface area contributed by atoms with E-state index in [1.54, 1.807) is 0 Å². The highest BCUT2D eigenvalue weighted by molar-refractivity contribution is 9.10. The molecule has 1 heterocycles. The predicted molar refractivity (Wildman–Crippen MR) is 95.0 cm³/mol. The molecule has 3 N–H and O–H groups in total. The van der Waals surface area contributed by atoms with Crippen molar-refractivity contribution >= 4 is 21.9 Å². The average molecular weight is 451 g/mol. The van der Waals surface area contributed by atoms with E-state index in [2.05, 4.69) is 56.9 Å². The van der Waals surface area contributed by atoms with Crippen LogP contribution in [0, 0.1) is 0 Å². The fourth-order valence-electron chi connectivity index (χ4n) is 2.22. The summed E-state index contributed by atoms with van der Waals surface area (Å²) < 4.78 is 38.0. The number of carbonyl (C=O) groups is 1. The first kappa shape index (κ1) is 23.2. The Morgan fingerprint density at radius 3 is 2.22 bits per heavy atom. The Labute approximate surface area is 164 Å². The van der Waals surface area contributed by atoms with Crippen LogP contribution < -0.4 is 10.8 Å². The molecule has 0 saturated heterocycles. The molecule has 0 bridgehead atoms. The Balaban J connectivity index is 0.000000445. The summed E-state index contributed by atoms with van der Waals surface area (Å²) in [6.45, 7) is 3.88. The highest BCUT2D eigenvalue weighted by Crippen LogP contribution is 2.17. The molecule has 2 rings (SSSR count). The second-order valence-electron chi connectivity index (χ2n) is 5.75. The maximum absolute atomic E-state index is 10.5. The molecule has 0 aliphatic carbocycles. The van der Waals surface area contributed by atoms with Crippen LogP contribution in [0.3, 0.4) is 0 Å². The average Bonchev–Trinajstić information content (AvgIpc) is 3.00. The van der Waals surface area contributed by atoms with Gasteiger partial charge >= 0.3 is 6.18 Å². The highest BCUT2D eigenvalue weighted by atomic mass is 79.9. The largest absolute Gasteiger partial charge is 0.542 e. The summed E-state index contributed by atoms with van der Waals surface area (Å²) in [5.74, 6) is -2.00. The minimum Gasteiger partial charge on any atom is -0.542 e. The molecule has 27 heavy (non-hydrogen) atoms. The summed E-state index contributed by atoms with van der Waals surface area (Å²) in [5, 5.41) is 8.78. The minimum absolute atomic E-state index is 0.796. The van der Waals surface area contributed by atoms with Gasteiger partial charge in [0.15, 0.2) is 4.67 Å². The molecule has 1 aromatic carbocycles. The molecule has 0 fully saturated rings. The number of benzene rings is 1. The van der Waals surface area contributed by atoms with Crippen molar-refractivity contribution < 1.29 is 33.2 Å². The van der Waals surface area contributed by atoms with Crippen LogP contribution in [-0.2, 0) is 17.9 Å². The third-order valence-electron chi connectivity index (χ3n) is 3.46. The Hall–Kier alpha value is -1.84. The molecule has 0 aliphatic heterocycles. The Kier molecular flexibility index (Phi) is 10.1. The van der Waals surface area contributed by atoms with Gasteiger partial charge in [-0.2, -0.15) is 13.2 Å². The molecule has 0 atom stereocenters. The van der Waals surface area contributed by atoms with Crippen molar-refractivity contribution in [3.8, 4) is 0 Å². The van der Waals surface area contributed by atoms with Gasteiger partial charge in [0.2, 0.25) is 0 Å². The quantitative estimate of drug-likeness (QED) is 0.625. The molecule has 0 spiro atoms. The van der Waals surface area contributed by atoms with Gasteiger partial charge in [0, 0.05) is 6.54 Å². The van der Waals surface area contributed by atoms with Gasteiger partial charge in [0.05, 0.1) is 13.1 Å². The summed E-state index contributed by atoms with van der Waals surface area (Å²) in [4.78, 5) is 11.2. The normalized spacial score (nSPS) is 11.2. The highest BCUT2D eigenvalue weighted by Gasteiger charge is 2.28. The fraction of sp³-hybridized carbons (Fsp3) is 0.389. The van der Waals surface area contributed by atoms with Crippen LogP contribution in [0.15, 0.2) is 51.6 Å². The molecule has 0 radical (unpaired) electrons. The number of quaternary nitrogens is 1. The van der Waals surface area contributed by atoms with Crippen molar-refractivity contribution in [3.63, 3.8) is 0 Å². The number of rotatable bonds is 8. The van der Waals surface area contributed by atoms with Gasteiger partial charge in [-0.05, 0) is 53.0 Å². The number of carboxylic acids is 1. The number of carboxylic acid groups (broad SMARTS) is 1. The number of aliphatic carboxylic acids is 1. The second-order valence-corrected chi connectivity index (χ2v) is 6.53. The van der Waals surface area contributed by atoms with E-state index in [-0.39, 0.29) is 0 Å². The zero-order valence-electron chi connectivity index (χ0n) is 14.7. The molecule has 0 unspecified atom stereocenters. The molecular formula is C18H22BrF3N2O3. The monoisotopic (exact) mass is 450 g/mol. The smallest absolute Gasteiger partial charge is 0.430 e. The lowest BCUT2D eigenvalue weighted by molar-refractivity contribution is -0.368. The zero-order chi connectivity index (χ0) is 20.3. The number of halogens is 4. The Morgan fingerprint density at radius 1 is 1.11 bits per heavy atom. The van der Waals surface area contributed by atoms with Crippen molar-refractivity contribution in [2.75, 3.05) is 13.1 Å². The second kappa shape index (κ2) is 11.8. The Morgan fingerprint density at radius 2 is 1.74 bits per heavy atom. The number of alkyl halides is 3. The van der Waals surface area contributed by atoms with Crippen LogP contribution in [0.2, 0.25) is 0 Å². The van der Waals surface area contributed by atoms with Crippen LogP contribution in [0.4, 0.5) is 13.2 Å². The van der Waals surface area contributed by atoms with E-state index < -0.39 is 12.1 Å². The Bertz CT molecular complexity index is 678. The molecule has 150 valence electrons. The maximum atomic E-state index is 10.5. The fourth-order valence-corrected chi connectivity index (χ4v) is 2.57. The van der Waals surface area contributed by atoms with E-state index in [9.17, 15) is 13.2 Å². The first-order valence-electron chi connectivity index (χ1n) is 8.30. The lowest BCUT2D eigenvalue weighted by Crippen LogP contribution is -2.50. The molecule has 2 aromatic rings. The first-order chi connectivity index (χ1) is 12.7. The number of hydrogen-bond acceptors (Lipinski definition) is 4. The van der Waals surface area contributed by atoms with Crippen LogP contribution in [0.25, 0.3) is 0 Å².